The van der Waals surface area contributed by atoms with E-state index >= 15 is 0 Å². The topological polar surface area (TPSA) is 50.1 Å². The molecule has 0 spiro atoms. The Bertz CT molecular complexity index is 6560. The Kier molecular flexibility index (Phi) is 16.4. The summed E-state index contributed by atoms with van der Waals surface area (Å²) in [6.07, 6.45) is 0. The van der Waals surface area contributed by atoms with Crippen LogP contribution in [-0.2, 0) is 27.1 Å². The number of aromatic nitrogens is 4. The van der Waals surface area contributed by atoms with Gasteiger partial charge in [-0.15, -0.1) is 0 Å². The van der Waals surface area contributed by atoms with E-state index in [1.165, 1.54) is 22.3 Å². The van der Waals surface area contributed by atoms with Crippen LogP contribution in [0.1, 0.15) is 139 Å². The second-order valence-corrected chi connectivity index (χ2v) is 36.2. The Morgan fingerprint density at radius 2 is 0.675 bits per heavy atom. The summed E-state index contributed by atoms with van der Waals surface area (Å²) in [6, 6.07) is 102. The molecule has 0 fully saturated rings. The molecule has 0 N–H and O–H groups in total. The van der Waals surface area contributed by atoms with Crippen LogP contribution in [0.4, 0.5) is 34.1 Å². The fraction of sp³-hybridized carbons (Fsp3) is 0.187. The normalized spacial score (nSPS) is 13.6. The summed E-state index contributed by atoms with van der Waals surface area (Å²) < 4.78 is 49.8. The maximum Gasteiger partial charge on any atom is 0.252 e. The fourth-order valence-corrected chi connectivity index (χ4v) is 16.9. The summed E-state index contributed by atoms with van der Waals surface area (Å²) in [5, 5.41) is 2.28. The smallest absolute Gasteiger partial charge is 0.252 e. The minimum atomic E-state index is -0.518. The molecule has 558 valence electrons. The summed E-state index contributed by atoms with van der Waals surface area (Å²) in [4.78, 5) is 21.8. The predicted molar refractivity (Wildman–Crippen MR) is 485 cm³/mol. The van der Waals surface area contributed by atoms with Crippen molar-refractivity contribution in [2.75, 3.05) is 9.80 Å². The highest BCUT2D eigenvalue weighted by Gasteiger charge is 2.46. The lowest BCUT2D eigenvalue weighted by molar-refractivity contribution is 0.569. The second-order valence-electron chi connectivity index (χ2n) is 36.2. The zero-order valence-corrected chi connectivity index (χ0v) is 67.9. The largest absolute Gasteiger partial charge is 0.311 e. The highest BCUT2D eigenvalue weighted by molar-refractivity contribution is 7.00. The number of hydrogen-bond donors (Lipinski definition) is 0. The highest BCUT2D eigenvalue weighted by atomic mass is 15.2. The van der Waals surface area contributed by atoms with Crippen molar-refractivity contribution in [3.63, 3.8) is 0 Å². The van der Waals surface area contributed by atoms with Crippen LogP contribution >= 0.6 is 0 Å². The third-order valence-corrected chi connectivity index (χ3v) is 23.3. The molecule has 114 heavy (non-hydrogen) atoms. The average Bonchev–Trinajstić information content (AvgIpc) is 1.45. The predicted octanol–water partition coefficient (Wildman–Crippen LogP) is 26.9. The van der Waals surface area contributed by atoms with E-state index in [2.05, 4.69) is 361 Å². The Hall–Kier alpha value is -12.4. The van der Waals surface area contributed by atoms with Gasteiger partial charge in [0.05, 0.1) is 34.9 Å². The minimum absolute atomic E-state index is 0.0944. The zero-order chi connectivity index (χ0) is 83.3. The molecule has 2 aliphatic heterocycles. The number of anilines is 6. The van der Waals surface area contributed by atoms with E-state index in [1.807, 2.05) is 42.5 Å². The first kappa shape index (κ1) is 67.3. The molecule has 14 aromatic carbocycles. The van der Waals surface area contributed by atoms with E-state index < -0.39 is 30.3 Å². The lowest BCUT2D eigenvalue weighted by atomic mass is 9.33. The molecule has 2 aliphatic rings. The van der Waals surface area contributed by atoms with Crippen LogP contribution < -0.4 is 26.2 Å². The summed E-state index contributed by atoms with van der Waals surface area (Å²) in [5.41, 5.74) is 27.2. The van der Waals surface area contributed by atoms with Crippen LogP contribution in [0.5, 0.6) is 0 Å². The fourth-order valence-electron chi connectivity index (χ4n) is 16.9. The Balaban J connectivity index is 1.07. The van der Waals surface area contributed by atoms with Crippen molar-refractivity contribution in [1.29, 1.82) is 0 Å². The summed E-state index contributed by atoms with van der Waals surface area (Å²) in [6.45, 7) is 33.8. The Labute approximate surface area is 680 Å². The average molecular weight is 1480 g/mol. The van der Waals surface area contributed by atoms with Crippen LogP contribution in [-0.4, -0.2) is 26.2 Å². The van der Waals surface area contributed by atoms with E-state index in [0.717, 1.165) is 145 Å². The molecule has 0 amide bonds. The third kappa shape index (κ3) is 13.2. The third-order valence-electron chi connectivity index (χ3n) is 23.3. The zero-order valence-electron chi connectivity index (χ0n) is 72.9. The van der Waals surface area contributed by atoms with Crippen molar-refractivity contribution in [3.8, 4) is 95.5 Å². The number of benzene rings is 14. The van der Waals surface area contributed by atoms with Gasteiger partial charge >= 0.3 is 0 Å². The minimum Gasteiger partial charge on any atom is -0.311 e. The molecular formula is C107H97BN6. The molecule has 0 saturated carbocycles. The molecule has 0 atom stereocenters. The molecule has 0 unspecified atom stereocenters. The van der Waals surface area contributed by atoms with E-state index in [4.69, 9.17) is 16.3 Å². The van der Waals surface area contributed by atoms with Gasteiger partial charge in [-0.3, -0.25) is 0 Å². The Morgan fingerprint density at radius 1 is 0.272 bits per heavy atom. The molecule has 0 radical (unpaired) electrons. The molecule has 4 heterocycles. The van der Waals surface area contributed by atoms with Gasteiger partial charge < -0.3 is 14.4 Å². The second kappa shape index (κ2) is 27.7. The number of hydrogen-bond acceptors (Lipinski definition) is 5. The molecule has 6 nitrogen and oxygen atoms in total. The first-order valence-corrected chi connectivity index (χ1v) is 40.0. The summed E-state index contributed by atoms with van der Waals surface area (Å²) in [5.74, 6) is 1.44. The van der Waals surface area contributed by atoms with Crippen molar-refractivity contribution >= 4 is 79.0 Å². The molecule has 18 rings (SSSR count). The number of fused-ring (bicyclic) bond motifs is 7. The van der Waals surface area contributed by atoms with E-state index in [1.54, 1.807) is 0 Å². The van der Waals surface area contributed by atoms with Gasteiger partial charge in [0.15, 0.2) is 17.5 Å². The molecule has 7 heteroatoms. The van der Waals surface area contributed by atoms with E-state index in [-0.39, 0.29) is 39.3 Å². The van der Waals surface area contributed by atoms with Crippen LogP contribution in [0.3, 0.4) is 0 Å². The highest BCUT2D eigenvalue weighted by Crippen LogP contribution is 2.55. The summed E-state index contributed by atoms with van der Waals surface area (Å²) in [7, 11) is 0. The molecular weight excluding hydrogens is 1380 g/mol. The first-order chi connectivity index (χ1) is 56.7. The van der Waals surface area contributed by atoms with Crippen LogP contribution in [0.15, 0.2) is 315 Å². The molecule has 0 aliphatic carbocycles. The monoisotopic (exact) mass is 1480 g/mol. The van der Waals surface area contributed by atoms with Crippen LogP contribution in [0, 0.1) is 0 Å². The van der Waals surface area contributed by atoms with Gasteiger partial charge in [-0.2, -0.15) is 0 Å². The SMILES string of the molecule is [2H]c1c([2H])c([2H])c(-c2ccc3c(c2)N(c2c(-c4ccccc4)cc(C(C)(C)C)cc2-c2nc(-c4ccccc4)nc(-c4ccccc4)n2)c2cc(-n4c5ccc(C(C)(C)C)cc5c5cc(C(C)(C)C)ccc54)cc4c2B3c2ccc(-c3cc(C(C)(C)C)cc(C(C)(C)C)c3)cc2N4c2ccc(-c3ccccc3)cc2-c2ccccc2)c([2H])c1[2H]. The maximum absolute atomic E-state index is 9.86. The van der Waals surface area contributed by atoms with Crippen molar-refractivity contribution < 1.29 is 6.85 Å². The van der Waals surface area contributed by atoms with Crippen molar-refractivity contribution in [2.24, 2.45) is 0 Å². The van der Waals surface area contributed by atoms with E-state index in [9.17, 15) is 5.48 Å². The maximum atomic E-state index is 9.86. The van der Waals surface area contributed by atoms with Crippen LogP contribution in [0.25, 0.3) is 117 Å². The van der Waals surface area contributed by atoms with Gasteiger partial charge in [-0.25, -0.2) is 15.0 Å². The van der Waals surface area contributed by atoms with Crippen molar-refractivity contribution in [1.82, 2.24) is 19.5 Å². The van der Waals surface area contributed by atoms with Gasteiger partial charge in [-0.1, -0.05) is 346 Å². The molecule has 0 bridgehead atoms. The quantitative estimate of drug-likeness (QED) is 0.121. The van der Waals surface area contributed by atoms with Crippen molar-refractivity contribution in [3.05, 3.63) is 343 Å². The Morgan fingerprint density at radius 3 is 1.17 bits per heavy atom. The summed E-state index contributed by atoms with van der Waals surface area (Å²) >= 11 is 0. The number of rotatable bonds is 11. The molecule has 0 saturated heterocycles. The molecule has 2 aromatic heterocycles. The van der Waals surface area contributed by atoms with Gasteiger partial charge in [-0.05, 0) is 189 Å². The van der Waals surface area contributed by atoms with Gasteiger partial charge in [0.1, 0.15) is 0 Å². The first-order valence-electron chi connectivity index (χ1n) is 42.5. The van der Waals surface area contributed by atoms with Gasteiger partial charge in [0.25, 0.3) is 6.71 Å². The van der Waals surface area contributed by atoms with Crippen LogP contribution in [0.2, 0.25) is 0 Å². The van der Waals surface area contributed by atoms with Gasteiger partial charge in [0.2, 0.25) is 0 Å². The standard InChI is InChI=1S/C107H97BN6/c1-103(2,3)78-49-54-92-86(62-78)87-63-79(104(4,5)6)50-55-93(87)112(92)83-66-96-98-97(67-83)114(99-85(71-40-28-19-29-41-71)64-82(107(13,14)15)65-88(99)102-110-100(72-42-30-20-31-43-72)109-101(111-102)73-44-32-21-33-45-73)95-59-75(69-36-24-17-25-37-69)46-51-90(95)108(98)89-52-47-76(77-56-80(105(7,8)9)61-81(57-77)106(10,11)12)60-94(89)113(96)91-53-48-74(68-34-22-16-23-35-68)58-84(91)70-38-26-18-27-39-70/h16-67H,1-15H3/i17D,24D,25D,36D,37D. The lowest BCUT2D eigenvalue weighted by Gasteiger charge is -2.46. The van der Waals surface area contributed by atoms with Gasteiger partial charge in [0, 0.05) is 61.3 Å². The molecule has 16 aromatic rings. The van der Waals surface area contributed by atoms with E-state index in [0.29, 0.717) is 23.0 Å². The lowest BCUT2D eigenvalue weighted by Crippen LogP contribution is -2.61. The van der Waals surface area contributed by atoms with Crippen molar-refractivity contribution in [2.45, 2.75) is 131 Å². The number of nitrogens with zero attached hydrogens (tertiary/aromatic N) is 6.